The molecule has 20 heavy (non-hydrogen) atoms. The fourth-order valence-corrected chi connectivity index (χ4v) is 2.68. The monoisotopic (exact) mass is 317 g/mol. The van der Waals surface area contributed by atoms with E-state index in [1.807, 2.05) is 13.8 Å². The molecule has 0 aliphatic heterocycles. The third kappa shape index (κ3) is 5.23. The number of rotatable bonds is 8. The molecule has 0 atom stereocenters. The predicted molar refractivity (Wildman–Crippen MR) is 81.4 cm³/mol. The van der Waals surface area contributed by atoms with Crippen LogP contribution in [0, 0.1) is 0 Å². The van der Waals surface area contributed by atoms with E-state index in [1.165, 1.54) is 11.3 Å². The largest absolute Gasteiger partial charge is 0.388 e. The molecule has 0 radical (unpaired) electrons. The van der Waals surface area contributed by atoms with Gasteiger partial charge in [0.1, 0.15) is 0 Å². The SMILES string of the molecule is CCC(O)(CC)CNC(=O)CCC(=O)c1ccc(Cl)s1. The second kappa shape index (κ2) is 7.76. The summed E-state index contributed by atoms with van der Waals surface area (Å²) in [7, 11) is 0. The molecule has 6 heteroatoms. The van der Waals surface area contributed by atoms with Crippen LogP contribution in [-0.4, -0.2) is 28.9 Å². The van der Waals surface area contributed by atoms with Gasteiger partial charge in [0.2, 0.25) is 5.91 Å². The highest BCUT2D eigenvalue weighted by Crippen LogP contribution is 2.22. The highest BCUT2D eigenvalue weighted by Gasteiger charge is 2.22. The van der Waals surface area contributed by atoms with Gasteiger partial charge in [0.05, 0.1) is 14.8 Å². The molecule has 0 unspecified atom stereocenters. The highest BCUT2D eigenvalue weighted by molar-refractivity contribution is 7.18. The van der Waals surface area contributed by atoms with Gasteiger partial charge in [-0.3, -0.25) is 9.59 Å². The van der Waals surface area contributed by atoms with E-state index in [0.29, 0.717) is 22.1 Å². The van der Waals surface area contributed by atoms with E-state index in [9.17, 15) is 14.7 Å². The fraction of sp³-hybridized carbons (Fsp3) is 0.571. The summed E-state index contributed by atoms with van der Waals surface area (Å²) in [6.07, 6.45) is 1.43. The molecule has 0 spiro atoms. The van der Waals surface area contributed by atoms with Crippen molar-refractivity contribution in [1.82, 2.24) is 5.32 Å². The maximum atomic E-state index is 11.8. The molecule has 2 N–H and O–H groups in total. The van der Waals surface area contributed by atoms with E-state index in [2.05, 4.69) is 5.32 Å². The summed E-state index contributed by atoms with van der Waals surface area (Å²) < 4.78 is 0.564. The molecule has 1 heterocycles. The second-order valence-electron chi connectivity index (χ2n) is 4.74. The molecule has 1 aromatic rings. The summed E-state index contributed by atoms with van der Waals surface area (Å²) in [5, 5.41) is 12.7. The van der Waals surface area contributed by atoms with Gasteiger partial charge < -0.3 is 10.4 Å². The Morgan fingerprint density at radius 1 is 1.30 bits per heavy atom. The van der Waals surface area contributed by atoms with Crippen molar-refractivity contribution in [2.45, 2.75) is 45.1 Å². The zero-order valence-electron chi connectivity index (χ0n) is 11.7. The molecular weight excluding hydrogens is 298 g/mol. The Morgan fingerprint density at radius 2 is 1.95 bits per heavy atom. The lowest BCUT2D eigenvalue weighted by molar-refractivity contribution is -0.122. The lowest BCUT2D eigenvalue weighted by atomic mass is 9.97. The number of hydrogen-bond donors (Lipinski definition) is 2. The third-order valence-electron chi connectivity index (χ3n) is 3.36. The Balaban J connectivity index is 2.35. The van der Waals surface area contributed by atoms with Crippen LogP contribution in [-0.2, 0) is 4.79 Å². The van der Waals surface area contributed by atoms with Crippen LogP contribution in [0.3, 0.4) is 0 Å². The van der Waals surface area contributed by atoms with Crippen molar-refractivity contribution in [3.05, 3.63) is 21.3 Å². The van der Waals surface area contributed by atoms with Crippen molar-refractivity contribution in [2.24, 2.45) is 0 Å². The quantitative estimate of drug-likeness (QED) is 0.724. The van der Waals surface area contributed by atoms with Crippen LogP contribution in [0.4, 0.5) is 0 Å². The summed E-state index contributed by atoms with van der Waals surface area (Å²) in [5.74, 6) is -0.306. The minimum absolute atomic E-state index is 0.0849. The normalized spacial score (nSPS) is 11.4. The second-order valence-corrected chi connectivity index (χ2v) is 6.45. The van der Waals surface area contributed by atoms with Crippen LogP contribution in [0.5, 0.6) is 0 Å². The minimum Gasteiger partial charge on any atom is -0.388 e. The molecule has 1 amide bonds. The summed E-state index contributed by atoms with van der Waals surface area (Å²) in [6, 6.07) is 3.34. The average molecular weight is 318 g/mol. The average Bonchev–Trinajstić information content (AvgIpc) is 2.88. The van der Waals surface area contributed by atoms with E-state index >= 15 is 0 Å². The van der Waals surface area contributed by atoms with Gasteiger partial charge in [0.25, 0.3) is 0 Å². The Kier molecular flexibility index (Phi) is 6.65. The summed E-state index contributed by atoms with van der Waals surface area (Å²) in [5.41, 5.74) is -0.860. The number of carbonyl (C=O) groups excluding carboxylic acids is 2. The zero-order chi connectivity index (χ0) is 15.2. The van der Waals surface area contributed by atoms with E-state index in [4.69, 9.17) is 11.6 Å². The van der Waals surface area contributed by atoms with Gasteiger partial charge in [0.15, 0.2) is 5.78 Å². The molecule has 1 aromatic heterocycles. The lowest BCUT2D eigenvalue weighted by Gasteiger charge is -2.25. The van der Waals surface area contributed by atoms with Crippen LogP contribution >= 0.6 is 22.9 Å². The molecule has 0 bridgehead atoms. The van der Waals surface area contributed by atoms with Gasteiger partial charge in [0, 0.05) is 19.4 Å². The van der Waals surface area contributed by atoms with E-state index in [-0.39, 0.29) is 31.1 Å². The maximum absolute atomic E-state index is 11.8. The van der Waals surface area contributed by atoms with Gasteiger partial charge in [-0.2, -0.15) is 0 Å². The molecule has 0 aliphatic rings. The number of Topliss-reactive ketones (excluding diaryl/α,β-unsaturated/α-hetero) is 1. The molecular formula is C14H20ClNO3S. The van der Waals surface area contributed by atoms with E-state index in [1.54, 1.807) is 12.1 Å². The first-order valence-electron chi connectivity index (χ1n) is 6.68. The zero-order valence-corrected chi connectivity index (χ0v) is 13.3. The lowest BCUT2D eigenvalue weighted by Crippen LogP contribution is -2.42. The number of ketones is 1. The molecule has 0 saturated carbocycles. The summed E-state index contributed by atoms with van der Waals surface area (Å²) in [6.45, 7) is 3.97. The molecule has 0 fully saturated rings. The van der Waals surface area contributed by atoms with Crippen molar-refractivity contribution in [1.29, 1.82) is 0 Å². The van der Waals surface area contributed by atoms with Crippen molar-refractivity contribution in [3.8, 4) is 0 Å². The Labute approximate surface area is 128 Å². The molecule has 4 nitrogen and oxygen atoms in total. The first kappa shape index (κ1) is 17.1. The molecule has 112 valence electrons. The van der Waals surface area contributed by atoms with Crippen molar-refractivity contribution in [3.63, 3.8) is 0 Å². The maximum Gasteiger partial charge on any atom is 0.220 e. The van der Waals surface area contributed by atoms with Crippen LogP contribution in [0.2, 0.25) is 4.34 Å². The Morgan fingerprint density at radius 3 is 2.45 bits per heavy atom. The van der Waals surface area contributed by atoms with Gasteiger partial charge in [-0.1, -0.05) is 25.4 Å². The van der Waals surface area contributed by atoms with Crippen molar-refractivity contribution in [2.75, 3.05) is 6.54 Å². The highest BCUT2D eigenvalue weighted by atomic mass is 35.5. The first-order valence-corrected chi connectivity index (χ1v) is 7.87. The third-order valence-corrected chi connectivity index (χ3v) is 4.63. The number of nitrogens with one attached hydrogen (secondary N) is 1. The van der Waals surface area contributed by atoms with Gasteiger partial charge in [-0.25, -0.2) is 0 Å². The molecule has 1 rings (SSSR count). The van der Waals surface area contributed by atoms with E-state index in [0.717, 1.165) is 0 Å². The molecule has 0 saturated heterocycles. The number of aliphatic hydroxyl groups is 1. The standard InChI is InChI=1S/C14H20ClNO3S/c1-3-14(19,4-2)9-16-13(18)8-5-10(17)11-6-7-12(15)20-11/h6-7,19H,3-5,8-9H2,1-2H3,(H,16,18). The molecule has 0 aromatic carbocycles. The number of amides is 1. The Hall–Kier alpha value is -0.910. The van der Waals surface area contributed by atoms with Crippen LogP contribution in [0.25, 0.3) is 0 Å². The van der Waals surface area contributed by atoms with Gasteiger partial charge in [-0.05, 0) is 25.0 Å². The number of hydrogen-bond acceptors (Lipinski definition) is 4. The van der Waals surface area contributed by atoms with Crippen LogP contribution in [0.15, 0.2) is 12.1 Å². The first-order chi connectivity index (χ1) is 9.40. The van der Waals surface area contributed by atoms with E-state index < -0.39 is 5.60 Å². The van der Waals surface area contributed by atoms with Gasteiger partial charge in [-0.15, -0.1) is 11.3 Å². The number of halogens is 1. The van der Waals surface area contributed by atoms with Gasteiger partial charge >= 0.3 is 0 Å². The number of carbonyl (C=O) groups is 2. The molecule has 0 aliphatic carbocycles. The topological polar surface area (TPSA) is 66.4 Å². The fourth-order valence-electron chi connectivity index (χ4n) is 1.67. The van der Waals surface area contributed by atoms with Crippen molar-refractivity contribution >= 4 is 34.6 Å². The summed E-state index contributed by atoms with van der Waals surface area (Å²) >= 11 is 6.97. The number of thiophene rings is 1. The smallest absolute Gasteiger partial charge is 0.220 e. The summed E-state index contributed by atoms with van der Waals surface area (Å²) in [4.78, 5) is 24.0. The van der Waals surface area contributed by atoms with Crippen LogP contribution in [0.1, 0.15) is 49.2 Å². The predicted octanol–water partition coefficient (Wildman–Crippen LogP) is 3.03. The Bertz CT molecular complexity index is 469. The van der Waals surface area contributed by atoms with Crippen molar-refractivity contribution < 1.29 is 14.7 Å². The van der Waals surface area contributed by atoms with Crippen LogP contribution < -0.4 is 5.32 Å². The minimum atomic E-state index is -0.860.